The second-order valence-electron chi connectivity index (χ2n) is 4.15. The van der Waals surface area contributed by atoms with Crippen LogP contribution in [0, 0.1) is 5.82 Å². The highest BCUT2D eigenvalue weighted by atomic mass is 32.2. The van der Waals surface area contributed by atoms with Crippen LogP contribution in [0.4, 0.5) is 4.39 Å². The van der Waals surface area contributed by atoms with Gasteiger partial charge in [0.25, 0.3) is 0 Å². The summed E-state index contributed by atoms with van der Waals surface area (Å²) < 4.78 is 36.1. The first-order valence-electron chi connectivity index (χ1n) is 5.32. The van der Waals surface area contributed by atoms with Crippen molar-refractivity contribution in [3.8, 4) is 5.75 Å². The SMILES string of the molecule is CS(=O)(=O)c1cc(O)c(C(N)CCC(=O)O)cc1F. The Labute approximate surface area is 109 Å². The summed E-state index contributed by atoms with van der Waals surface area (Å²) in [4.78, 5) is 9.78. The average Bonchev–Trinajstić information content (AvgIpc) is 2.27. The van der Waals surface area contributed by atoms with E-state index in [4.69, 9.17) is 10.8 Å². The molecule has 0 aliphatic heterocycles. The van der Waals surface area contributed by atoms with E-state index >= 15 is 0 Å². The molecule has 4 N–H and O–H groups in total. The Morgan fingerprint density at radius 1 is 1.47 bits per heavy atom. The van der Waals surface area contributed by atoms with Gasteiger partial charge in [-0.05, 0) is 12.5 Å². The molecule has 0 spiro atoms. The molecule has 1 rings (SSSR count). The van der Waals surface area contributed by atoms with Crippen molar-refractivity contribution >= 4 is 15.8 Å². The summed E-state index contributed by atoms with van der Waals surface area (Å²) in [6, 6.07) is 0.706. The fourth-order valence-corrected chi connectivity index (χ4v) is 2.31. The molecule has 1 aromatic carbocycles. The van der Waals surface area contributed by atoms with Crippen LogP contribution >= 0.6 is 0 Å². The first-order chi connectivity index (χ1) is 8.62. The van der Waals surface area contributed by atoms with Gasteiger partial charge in [-0.1, -0.05) is 0 Å². The van der Waals surface area contributed by atoms with Gasteiger partial charge >= 0.3 is 5.97 Å². The molecule has 0 aromatic heterocycles. The molecule has 0 radical (unpaired) electrons. The van der Waals surface area contributed by atoms with Crippen LogP contribution in [0.5, 0.6) is 5.75 Å². The summed E-state index contributed by atoms with van der Waals surface area (Å²) >= 11 is 0. The number of benzene rings is 1. The molecule has 0 amide bonds. The summed E-state index contributed by atoms with van der Waals surface area (Å²) in [7, 11) is -3.79. The third-order valence-corrected chi connectivity index (χ3v) is 3.66. The van der Waals surface area contributed by atoms with Gasteiger partial charge in [-0.3, -0.25) is 4.79 Å². The molecule has 0 aliphatic rings. The fraction of sp³-hybridized carbons (Fsp3) is 0.364. The molecule has 0 bridgehead atoms. The van der Waals surface area contributed by atoms with Crippen LogP contribution in [-0.4, -0.2) is 30.9 Å². The van der Waals surface area contributed by atoms with Gasteiger partial charge in [-0.25, -0.2) is 12.8 Å². The number of carbonyl (C=O) groups is 1. The van der Waals surface area contributed by atoms with Crippen molar-refractivity contribution in [2.24, 2.45) is 5.73 Å². The Balaban J connectivity index is 3.12. The number of sulfone groups is 1. The number of hydrogen-bond donors (Lipinski definition) is 3. The van der Waals surface area contributed by atoms with E-state index in [-0.39, 0.29) is 18.4 Å². The number of rotatable bonds is 5. The summed E-state index contributed by atoms with van der Waals surface area (Å²) in [5.74, 6) is -2.57. The molecule has 0 fully saturated rings. The second-order valence-corrected chi connectivity index (χ2v) is 6.14. The maximum absolute atomic E-state index is 13.6. The van der Waals surface area contributed by atoms with Crippen molar-refractivity contribution < 1.29 is 27.8 Å². The maximum atomic E-state index is 13.6. The zero-order valence-corrected chi connectivity index (χ0v) is 10.9. The average molecular weight is 291 g/mol. The summed E-state index contributed by atoms with van der Waals surface area (Å²) in [5.41, 5.74) is 5.61. The van der Waals surface area contributed by atoms with Gasteiger partial charge in [0.1, 0.15) is 16.5 Å². The van der Waals surface area contributed by atoms with Crippen molar-refractivity contribution in [2.45, 2.75) is 23.8 Å². The van der Waals surface area contributed by atoms with Crippen LogP contribution in [0.25, 0.3) is 0 Å². The minimum atomic E-state index is -3.79. The second kappa shape index (κ2) is 5.54. The lowest BCUT2D eigenvalue weighted by molar-refractivity contribution is -0.137. The van der Waals surface area contributed by atoms with Crippen molar-refractivity contribution in [3.63, 3.8) is 0 Å². The topological polar surface area (TPSA) is 118 Å². The van der Waals surface area contributed by atoms with E-state index in [9.17, 15) is 22.7 Å². The molecule has 1 unspecified atom stereocenters. The molecule has 106 valence electrons. The predicted molar refractivity (Wildman–Crippen MR) is 65.0 cm³/mol. The molecule has 19 heavy (non-hydrogen) atoms. The van der Waals surface area contributed by atoms with E-state index in [2.05, 4.69) is 0 Å². The third-order valence-electron chi connectivity index (χ3n) is 2.55. The van der Waals surface area contributed by atoms with Crippen molar-refractivity contribution in [1.29, 1.82) is 0 Å². The van der Waals surface area contributed by atoms with Crippen LogP contribution in [0.3, 0.4) is 0 Å². The van der Waals surface area contributed by atoms with E-state index in [0.717, 1.165) is 18.4 Å². The number of phenols is 1. The van der Waals surface area contributed by atoms with E-state index in [1.165, 1.54) is 0 Å². The predicted octanol–water partition coefficient (Wildman–Crippen LogP) is 0.799. The molecule has 8 heteroatoms. The highest BCUT2D eigenvalue weighted by Gasteiger charge is 2.20. The van der Waals surface area contributed by atoms with Gasteiger partial charge in [0.05, 0.1) is 0 Å². The smallest absolute Gasteiger partial charge is 0.303 e. The van der Waals surface area contributed by atoms with Gasteiger partial charge in [0.2, 0.25) is 0 Å². The van der Waals surface area contributed by atoms with Crippen LogP contribution < -0.4 is 5.73 Å². The zero-order chi connectivity index (χ0) is 14.8. The van der Waals surface area contributed by atoms with Gasteiger partial charge in [-0.2, -0.15) is 0 Å². The minimum Gasteiger partial charge on any atom is -0.508 e. The lowest BCUT2D eigenvalue weighted by Crippen LogP contribution is -2.13. The molecule has 0 saturated carbocycles. The Morgan fingerprint density at radius 3 is 2.53 bits per heavy atom. The lowest BCUT2D eigenvalue weighted by atomic mass is 10.0. The Morgan fingerprint density at radius 2 is 2.05 bits per heavy atom. The van der Waals surface area contributed by atoms with Crippen LogP contribution in [0.2, 0.25) is 0 Å². The zero-order valence-electron chi connectivity index (χ0n) is 10.1. The van der Waals surface area contributed by atoms with Crippen molar-refractivity contribution in [3.05, 3.63) is 23.5 Å². The number of carboxylic acid groups (broad SMARTS) is 1. The molecular weight excluding hydrogens is 277 g/mol. The Hall–Kier alpha value is -1.67. The molecule has 0 aliphatic carbocycles. The summed E-state index contributed by atoms with van der Waals surface area (Å²) in [6.45, 7) is 0. The Bertz CT molecular complexity index is 599. The van der Waals surface area contributed by atoms with Crippen LogP contribution in [0.1, 0.15) is 24.4 Å². The van der Waals surface area contributed by atoms with Gasteiger partial charge < -0.3 is 15.9 Å². The highest BCUT2D eigenvalue weighted by Crippen LogP contribution is 2.30. The first kappa shape index (κ1) is 15.4. The number of aromatic hydroxyl groups is 1. The maximum Gasteiger partial charge on any atom is 0.303 e. The number of halogens is 1. The highest BCUT2D eigenvalue weighted by molar-refractivity contribution is 7.90. The summed E-state index contributed by atoms with van der Waals surface area (Å²) in [6.07, 6.45) is 0.575. The molecule has 0 heterocycles. The van der Waals surface area contributed by atoms with E-state index in [1.807, 2.05) is 0 Å². The largest absolute Gasteiger partial charge is 0.508 e. The molecular formula is C11H14FNO5S. The standard InChI is InChI=1S/C11H14FNO5S/c1-19(17,18)10-5-9(14)6(4-7(10)12)8(13)2-3-11(15)16/h4-5,8,14H,2-3,13H2,1H3,(H,15,16). The number of aliphatic carboxylic acids is 1. The molecule has 1 atom stereocenters. The number of phenolic OH excluding ortho intramolecular Hbond substituents is 1. The number of carboxylic acids is 1. The van der Waals surface area contributed by atoms with E-state index in [1.54, 1.807) is 0 Å². The van der Waals surface area contributed by atoms with E-state index < -0.39 is 38.3 Å². The van der Waals surface area contributed by atoms with Gasteiger partial charge in [0.15, 0.2) is 9.84 Å². The van der Waals surface area contributed by atoms with Gasteiger partial charge in [-0.15, -0.1) is 0 Å². The Kier molecular flexibility index (Phi) is 4.48. The third kappa shape index (κ3) is 3.90. The van der Waals surface area contributed by atoms with Gasteiger partial charge in [0, 0.05) is 30.3 Å². The van der Waals surface area contributed by atoms with Crippen LogP contribution in [-0.2, 0) is 14.6 Å². The normalized spacial score (nSPS) is 13.2. The first-order valence-corrected chi connectivity index (χ1v) is 7.22. The molecule has 0 saturated heterocycles. The molecule has 1 aromatic rings. The van der Waals surface area contributed by atoms with E-state index in [0.29, 0.717) is 0 Å². The summed E-state index contributed by atoms with van der Waals surface area (Å²) in [5, 5.41) is 18.2. The van der Waals surface area contributed by atoms with Crippen LogP contribution in [0.15, 0.2) is 17.0 Å². The van der Waals surface area contributed by atoms with Crippen molar-refractivity contribution in [2.75, 3.05) is 6.26 Å². The number of nitrogens with two attached hydrogens (primary N) is 1. The monoisotopic (exact) mass is 291 g/mol. The quantitative estimate of drug-likeness (QED) is 0.738. The minimum absolute atomic E-state index is 0.000551. The van der Waals surface area contributed by atoms with Crippen molar-refractivity contribution in [1.82, 2.24) is 0 Å². The lowest BCUT2D eigenvalue weighted by Gasteiger charge is -2.14. The fourth-order valence-electron chi connectivity index (χ4n) is 1.57. The number of hydrogen-bond acceptors (Lipinski definition) is 5. The molecule has 6 nitrogen and oxygen atoms in total.